The van der Waals surface area contributed by atoms with Crippen LogP contribution in [0.3, 0.4) is 0 Å². The van der Waals surface area contributed by atoms with Crippen LogP contribution in [0.4, 0.5) is 10.2 Å². The van der Waals surface area contributed by atoms with Crippen LogP contribution >= 0.6 is 11.6 Å². The smallest absolute Gasteiger partial charge is 0.338 e. The highest BCUT2D eigenvalue weighted by atomic mass is 35.5. The fourth-order valence-corrected chi connectivity index (χ4v) is 3.90. The predicted molar refractivity (Wildman–Crippen MR) is 105 cm³/mol. The summed E-state index contributed by atoms with van der Waals surface area (Å²) in [4.78, 5) is 21.2. The minimum absolute atomic E-state index is 0.101. The molecule has 5 atom stereocenters. The van der Waals surface area contributed by atoms with Gasteiger partial charge in [-0.15, -0.1) is 0 Å². The van der Waals surface area contributed by atoms with Crippen molar-refractivity contribution in [3.8, 4) is 0 Å². The number of nitrogens with zero attached hydrogens (tertiary/aromatic N) is 3. The number of nitrogens with one attached hydrogen (secondary N) is 1. The fourth-order valence-electron chi connectivity index (χ4n) is 3.64. The van der Waals surface area contributed by atoms with Gasteiger partial charge in [-0.05, 0) is 25.5 Å². The molecule has 0 radical (unpaired) electrons. The molecule has 1 unspecified atom stereocenters. The Kier molecular flexibility index (Phi) is 4.95. The molecule has 0 aliphatic carbocycles. The Balaban J connectivity index is 1.73. The number of alkyl halides is 2. The van der Waals surface area contributed by atoms with Crippen LogP contribution in [0, 0.1) is 0 Å². The summed E-state index contributed by atoms with van der Waals surface area (Å²) in [7, 11) is 0. The molecular weight excluding hydrogens is 401 g/mol. The van der Waals surface area contributed by atoms with Gasteiger partial charge in [0.2, 0.25) is 0 Å². The van der Waals surface area contributed by atoms with E-state index >= 15 is 4.39 Å². The van der Waals surface area contributed by atoms with Crippen molar-refractivity contribution in [3.63, 3.8) is 0 Å². The number of rotatable bonds is 4. The van der Waals surface area contributed by atoms with Crippen molar-refractivity contribution in [3.05, 3.63) is 47.9 Å². The van der Waals surface area contributed by atoms with Crippen molar-refractivity contribution in [2.45, 2.75) is 49.9 Å². The number of halogens is 2. The molecule has 0 spiro atoms. The highest BCUT2D eigenvalue weighted by Crippen LogP contribution is 2.47. The van der Waals surface area contributed by atoms with E-state index in [0.717, 1.165) is 0 Å². The molecule has 1 saturated heterocycles. The van der Waals surface area contributed by atoms with E-state index in [0.29, 0.717) is 23.5 Å². The van der Waals surface area contributed by atoms with Gasteiger partial charge in [0.1, 0.15) is 5.69 Å². The lowest BCUT2D eigenvalue weighted by Crippen LogP contribution is -2.45. The SMILES string of the molecule is CC[C@H]1O[C@@H](n2cnc3c2N=C(N)NC3Cl)[C@](C)(OC(=O)c2ccccc2)[C@@H]1F. The minimum atomic E-state index is -1.61. The van der Waals surface area contributed by atoms with Crippen molar-refractivity contribution in [1.82, 2.24) is 14.9 Å². The molecule has 3 N–H and O–H groups in total. The number of guanidine groups is 1. The van der Waals surface area contributed by atoms with Crippen LogP contribution < -0.4 is 11.1 Å². The van der Waals surface area contributed by atoms with Crippen LogP contribution in [0.25, 0.3) is 0 Å². The molecule has 0 saturated carbocycles. The third-order valence-corrected chi connectivity index (χ3v) is 5.50. The van der Waals surface area contributed by atoms with E-state index in [1.807, 2.05) is 0 Å². The van der Waals surface area contributed by atoms with Gasteiger partial charge in [-0.2, -0.15) is 4.99 Å². The second-order valence-corrected chi connectivity index (χ2v) is 7.58. The lowest BCUT2D eigenvalue weighted by Gasteiger charge is -2.32. The Morgan fingerprint density at radius 2 is 2.17 bits per heavy atom. The number of carbonyl (C=O) groups is 1. The first-order chi connectivity index (χ1) is 13.8. The second-order valence-electron chi connectivity index (χ2n) is 7.14. The summed E-state index contributed by atoms with van der Waals surface area (Å²) in [6, 6.07) is 8.41. The second kappa shape index (κ2) is 7.31. The highest BCUT2D eigenvalue weighted by molar-refractivity contribution is 6.22. The van der Waals surface area contributed by atoms with E-state index in [9.17, 15) is 4.79 Å². The number of ether oxygens (including phenoxy) is 2. The first-order valence-electron chi connectivity index (χ1n) is 9.24. The molecule has 29 heavy (non-hydrogen) atoms. The van der Waals surface area contributed by atoms with Gasteiger partial charge in [0.25, 0.3) is 0 Å². The maximum Gasteiger partial charge on any atom is 0.338 e. The van der Waals surface area contributed by atoms with Crippen molar-refractivity contribution >= 4 is 29.3 Å². The number of aromatic nitrogens is 2. The quantitative estimate of drug-likeness (QED) is 0.447. The summed E-state index contributed by atoms with van der Waals surface area (Å²) in [6.45, 7) is 3.31. The Hall–Kier alpha value is -2.65. The maximum absolute atomic E-state index is 15.4. The first-order valence-corrected chi connectivity index (χ1v) is 9.68. The van der Waals surface area contributed by atoms with Gasteiger partial charge in [0.05, 0.1) is 18.0 Å². The van der Waals surface area contributed by atoms with Crippen LogP contribution in [0.15, 0.2) is 41.7 Å². The minimum Gasteiger partial charge on any atom is -0.448 e. The third kappa shape index (κ3) is 3.24. The topological polar surface area (TPSA) is 104 Å². The number of imidazole rings is 1. The molecule has 2 aliphatic rings. The van der Waals surface area contributed by atoms with Gasteiger partial charge in [-0.3, -0.25) is 4.57 Å². The number of benzene rings is 1. The molecule has 154 valence electrons. The number of aliphatic imine (C=N–C) groups is 1. The number of fused-ring (bicyclic) bond motifs is 1. The summed E-state index contributed by atoms with van der Waals surface area (Å²) >= 11 is 6.23. The van der Waals surface area contributed by atoms with Crippen LogP contribution in [-0.2, 0) is 9.47 Å². The standard InChI is InChI=1S/C19H21ClFN5O3/c1-3-11-13(21)19(2,29-16(27)10-7-5-4-6-8-10)17(28-11)26-9-23-12-14(20)24-18(22)25-15(12)26/h4-9,11,13-14,17H,3H2,1-2H3,(H3,22,24,25)/t11-,13-,14?,17-,19-/m1/s1. The molecule has 0 bridgehead atoms. The number of nitrogens with two attached hydrogens (primary N) is 1. The Labute approximate surface area is 171 Å². The van der Waals surface area contributed by atoms with E-state index < -0.39 is 35.6 Å². The molecule has 0 amide bonds. The zero-order valence-corrected chi connectivity index (χ0v) is 16.6. The molecule has 1 aromatic heterocycles. The number of hydrogen-bond donors (Lipinski definition) is 2. The molecule has 4 rings (SSSR count). The number of esters is 1. The van der Waals surface area contributed by atoms with Gasteiger partial charge in [-0.1, -0.05) is 36.7 Å². The molecular formula is C19H21ClFN5O3. The highest BCUT2D eigenvalue weighted by Gasteiger charge is 2.58. The molecule has 8 nitrogen and oxygen atoms in total. The molecule has 2 aromatic rings. The average molecular weight is 422 g/mol. The van der Waals surface area contributed by atoms with E-state index in [4.69, 9.17) is 26.8 Å². The third-order valence-electron chi connectivity index (χ3n) is 5.18. The van der Waals surface area contributed by atoms with Crippen LogP contribution in [0.5, 0.6) is 0 Å². The largest absolute Gasteiger partial charge is 0.448 e. The Morgan fingerprint density at radius 3 is 2.86 bits per heavy atom. The van der Waals surface area contributed by atoms with E-state index in [1.54, 1.807) is 37.3 Å². The first kappa shape index (κ1) is 19.7. The zero-order chi connectivity index (χ0) is 20.8. The summed E-state index contributed by atoms with van der Waals surface area (Å²) in [6.07, 6.45) is -1.48. The summed E-state index contributed by atoms with van der Waals surface area (Å²) in [5, 5.41) is 2.76. The summed E-state index contributed by atoms with van der Waals surface area (Å²) in [5.74, 6) is -0.212. The lowest BCUT2D eigenvalue weighted by atomic mass is 9.96. The van der Waals surface area contributed by atoms with E-state index in [1.165, 1.54) is 17.8 Å². The predicted octanol–water partition coefficient (Wildman–Crippen LogP) is 2.93. The monoisotopic (exact) mass is 421 g/mol. The molecule has 1 aromatic carbocycles. The van der Waals surface area contributed by atoms with Crippen molar-refractivity contribution in [2.24, 2.45) is 10.7 Å². The number of hydrogen-bond acceptors (Lipinski definition) is 7. The van der Waals surface area contributed by atoms with Crippen molar-refractivity contribution in [1.29, 1.82) is 0 Å². The van der Waals surface area contributed by atoms with E-state index in [-0.39, 0.29) is 5.96 Å². The molecule has 2 aliphatic heterocycles. The van der Waals surface area contributed by atoms with Gasteiger partial charge in [-0.25, -0.2) is 14.2 Å². The van der Waals surface area contributed by atoms with Crippen LogP contribution in [-0.4, -0.2) is 39.4 Å². The van der Waals surface area contributed by atoms with Crippen molar-refractivity contribution in [2.75, 3.05) is 0 Å². The van der Waals surface area contributed by atoms with Crippen LogP contribution in [0.1, 0.15) is 48.0 Å². The van der Waals surface area contributed by atoms with Crippen molar-refractivity contribution < 1.29 is 18.7 Å². The zero-order valence-electron chi connectivity index (χ0n) is 15.9. The lowest BCUT2D eigenvalue weighted by molar-refractivity contribution is -0.0982. The summed E-state index contributed by atoms with van der Waals surface area (Å²) < 4.78 is 28.6. The van der Waals surface area contributed by atoms with Gasteiger partial charge in [0.15, 0.2) is 35.3 Å². The Morgan fingerprint density at radius 1 is 1.45 bits per heavy atom. The van der Waals surface area contributed by atoms with Gasteiger partial charge < -0.3 is 20.5 Å². The van der Waals surface area contributed by atoms with Crippen LogP contribution in [0.2, 0.25) is 0 Å². The maximum atomic E-state index is 15.4. The molecule has 10 heteroatoms. The summed E-state index contributed by atoms with van der Waals surface area (Å²) in [5.41, 5.74) is 4.23. The Bertz CT molecular complexity index is 953. The van der Waals surface area contributed by atoms with E-state index in [2.05, 4.69) is 15.3 Å². The molecule has 1 fully saturated rings. The average Bonchev–Trinajstić information content (AvgIpc) is 3.22. The van der Waals surface area contributed by atoms with Gasteiger partial charge in [0, 0.05) is 0 Å². The fraction of sp³-hybridized carbons (Fsp3) is 0.421. The van der Waals surface area contributed by atoms with Gasteiger partial charge >= 0.3 is 5.97 Å². The normalized spacial score (nSPS) is 31.0. The number of carbonyl (C=O) groups excluding carboxylic acids is 1. The molecule has 3 heterocycles.